The number of carbonyl (C=O) groups excluding carboxylic acids is 1. The fourth-order valence-electron chi connectivity index (χ4n) is 4.86. The molecule has 1 atom stereocenters. The Morgan fingerprint density at radius 1 is 1.05 bits per heavy atom. The lowest BCUT2D eigenvalue weighted by molar-refractivity contribution is -0.128. The number of hydrogen-bond acceptors (Lipinski definition) is 2. The fourth-order valence-corrected chi connectivity index (χ4v) is 4.86. The summed E-state index contributed by atoms with van der Waals surface area (Å²) in [6.45, 7) is 8.18. The molecule has 20 heavy (non-hydrogen) atoms. The molecule has 2 heteroatoms. The standard InChI is InChI=1S/C18H31NO/c1-17(2)8-5-16(20)15(13-17)14-19-11-9-18(10-12-19)6-3-4-7-18/h15H,3-14H2,1-2H3. The SMILES string of the molecule is CC1(C)CCC(=O)C(CN2CCC3(CCCC3)CC2)C1. The first-order chi connectivity index (χ1) is 9.48. The monoisotopic (exact) mass is 277 g/mol. The van der Waals surface area contributed by atoms with Gasteiger partial charge in [0.2, 0.25) is 0 Å². The Balaban J connectivity index is 1.52. The van der Waals surface area contributed by atoms with Gasteiger partial charge in [0.15, 0.2) is 0 Å². The molecule has 0 N–H and O–H groups in total. The van der Waals surface area contributed by atoms with E-state index in [9.17, 15) is 4.79 Å². The van der Waals surface area contributed by atoms with E-state index < -0.39 is 0 Å². The van der Waals surface area contributed by atoms with Gasteiger partial charge in [0, 0.05) is 18.9 Å². The number of carbonyl (C=O) groups is 1. The molecular weight excluding hydrogens is 246 g/mol. The third-order valence-electron chi connectivity index (χ3n) is 6.36. The highest BCUT2D eigenvalue weighted by Gasteiger charge is 2.39. The van der Waals surface area contributed by atoms with E-state index in [1.54, 1.807) is 0 Å². The molecule has 3 aliphatic rings. The molecule has 114 valence electrons. The molecule has 0 bridgehead atoms. The van der Waals surface area contributed by atoms with Crippen molar-refractivity contribution >= 4 is 5.78 Å². The number of Topliss-reactive ketones (excluding diaryl/α,β-unsaturated/α-hetero) is 1. The van der Waals surface area contributed by atoms with Crippen molar-refractivity contribution in [2.24, 2.45) is 16.7 Å². The lowest BCUT2D eigenvalue weighted by atomic mass is 9.71. The Labute approximate surface area is 124 Å². The Bertz CT molecular complexity index is 358. The topological polar surface area (TPSA) is 20.3 Å². The van der Waals surface area contributed by atoms with Crippen LogP contribution in [0.5, 0.6) is 0 Å². The van der Waals surface area contributed by atoms with Crippen LogP contribution in [0.2, 0.25) is 0 Å². The number of nitrogens with zero attached hydrogens (tertiary/aromatic N) is 1. The van der Waals surface area contributed by atoms with Crippen LogP contribution in [0.15, 0.2) is 0 Å². The minimum absolute atomic E-state index is 0.316. The highest BCUT2D eigenvalue weighted by molar-refractivity contribution is 5.82. The Morgan fingerprint density at radius 2 is 1.70 bits per heavy atom. The van der Waals surface area contributed by atoms with Crippen LogP contribution in [0.4, 0.5) is 0 Å². The molecule has 1 spiro atoms. The molecule has 0 radical (unpaired) electrons. The second-order valence-corrected chi connectivity index (χ2v) is 8.54. The van der Waals surface area contributed by atoms with Crippen LogP contribution in [0, 0.1) is 16.7 Å². The van der Waals surface area contributed by atoms with Crippen molar-refractivity contribution in [3.63, 3.8) is 0 Å². The highest BCUT2D eigenvalue weighted by atomic mass is 16.1. The summed E-state index contributed by atoms with van der Waals surface area (Å²) in [6, 6.07) is 0. The van der Waals surface area contributed by atoms with Crippen molar-refractivity contribution in [2.45, 2.75) is 71.6 Å². The smallest absolute Gasteiger partial charge is 0.137 e. The zero-order valence-corrected chi connectivity index (χ0v) is 13.4. The lowest BCUT2D eigenvalue weighted by Gasteiger charge is -2.42. The lowest BCUT2D eigenvalue weighted by Crippen LogP contribution is -2.44. The molecule has 0 aromatic rings. The first kappa shape index (κ1) is 14.6. The molecule has 1 aliphatic heterocycles. The molecule has 1 heterocycles. The van der Waals surface area contributed by atoms with E-state index in [0.29, 0.717) is 22.5 Å². The van der Waals surface area contributed by atoms with E-state index in [0.717, 1.165) is 25.8 Å². The second kappa shape index (κ2) is 5.44. The van der Waals surface area contributed by atoms with Crippen molar-refractivity contribution in [2.75, 3.05) is 19.6 Å². The zero-order valence-electron chi connectivity index (χ0n) is 13.4. The maximum Gasteiger partial charge on any atom is 0.137 e. The molecule has 2 saturated carbocycles. The van der Waals surface area contributed by atoms with Crippen LogP contribution >= 0.6 is 0 Å². The number of ketones is 1. The van der Waals surface area contributed by atoms with Gasteiger partial charge in [-0.1, -0.05) is 26.7 Å². The van der Waals surface area contributed by atoms with Crippen molar-refractivity contribution < 1.29 is 4.79 Å². The Kier molecular flexibility index (Phi) is 3.96. The molecular formula is C18H31NO. The van der Waals surface area contributed by atoms with Crippen LogP contribution in [-0.4, -0.2) is 30.3 Å². The van der Waals surface area contributed by atoms with E-state index in [4.69, 9.17) is 0 Å². The third kappa shape index (κ3) is 3.10. The van der Waals surface area contributed by atoms with Crippen molar-refractivity contribution in [3.05, 3.63) is 0 Å². The number of hydrogen-bond donors (Lipinski definition) is 0. The molecule has 1 saturated heterocycles. The van der Waals surface area contributed by atoms with E-state index in [1.807, 2.05) is 0 Å². The summed E-state index contributed by atoms with van der Waals surface area (Å²) in [5.41, 5.74) is 1.08. The van der Waals surface area contributed by atoms with Gasteiger partial charge in [-0.25, -0.2) is 0 Å². The molecule has 2 nitrogen and oxygen atoms in total. The van der Waals surface area contributed by atoms with Crippen molar-refractivity contribution in [1.29, 1.82) is 0 Å². The number of rotatable bonds is 2. The van der Waals surface area contributed by atoms with E-state index in [-0.39, 0.29) is 0 Å². The minimum Gasteiger partial charge on any atom is -0.303 e. The quantitative estimate of drug-likeness (QED) is 0.759. The number of piperidine rings is 1. The van der Waals surface area contributed by atoms with E-state index >= 15 is 0 Å². The summed E-state index contributed by atoms with van der Waals surface area (Å²) in [6.07, 6.45) is 11.6. The average molecular weight is 277 g/mol. The van der Waals surface area contributed by atoms with Crippen molar-refractivity contribution in [1.82, 2.24) is 4.90 Å². The van der Waals surface area contributed by atoms with Crippen LogP contribution in [-0.2, 0) is 4.79 Å². The molecule has 2 aliphatic carbocycles. The van der Waals surface area contributed by atoms with Gasteiger partial charge in [-0.15, -0.1) is 0 Å². The third-order valence-corrected chi connectivity index (χ3v) is 6.36. The first-order valence-electron chi connectivity index (χ1n) is 8.73. The normalized spacial score (nSPS) is 33.7. The predicted molar refractivity (Wildman–Crippen MR) is 82.7 cm³/mol. The molecule has 0 amide bonds. The Morgan fingerprint density at radius 3 is 2.35 bits per heavy atom. The summed E-state index contributed by atoms with van der Waals surface area (Å²) >= 11 is 0. The maximum absolute atomic E-state index is 12.2. The highest BCUT2D eigenvalue weighted by Crippen LogP contribution is 2.46. The van der Waals surface area contributed by atoms with Gasteiger partial charge < -0.3 is 4.90 Å². The van der Waals surface area contributed by atoms with Crippen LogP contribution in [0.3, 0.4) is 0 Å². The molecule has 0 aromatic heterocycles. The number of likely N-dealkylation sites (tertiary alicyclic amines) is 1. The summed E-state index contributed by atoms with van der Waals surface area (Å²) in [5.74, 6) is 0.849. The summed E-state index contributed by atoms with van der Waals surface area (Å²) in [4.78, 5) is 14.8. The molecule has 3 fully saturated rings. The van der Waals surface area contributed by atoms with Gasteiger partial charge in [-0.05, 0) is 62.4 Å². The van der Waals surface area contributed by atoms with Crippen LogP contribution in [0.1, 0.15) is 71.6 Å². The van der Waals surface area contributed by atoms with Crippen LogP contribution in [0.25, 0.3) is 0 Å². The van der Waals surface area contributed by atoms with Gasteiger partial charge in [-0.3, -0.25) is 4.79 Å². The molecule has 3 rings (SSSR count). The maximum atomic E-state index is 12.2. The second-order valence-electron chi connectivity index (χ2n) is 8.54. The van der Waals surface area contributed by atoms with Gasteiger partial charge in [0.05, 0.1) is 0 Å². The van der Waals surface area contributed by atoms with E-state index in [1.165, 1.54) is 51.6 Å². The summed E-state index contributed by atoms with van der Waals surface area (Å²) < 4.78 is 0. The summed E-state index contributed by atoms with van der Waals surface area (Å²) in [5, 5.41) is 0. The average Bonchev–Trinajstić information content (AvgIpc) is 2.85. The molecule has 0 aromatic carbocycles. The molecule has 1 unspecified atom stereocenters. The minimum atomic E-state index is 0.316. The van der Waals surface area contributed by atoms with Crippen molar-refractivity contribution in [3.8, 4) is 0 Å². The largest absolute Gasteiger partial charge is 0.303 e. The van der Waals surface area contributed by atoms with Gasteiger partial charge >= 0.3 is 0 Å². The first-order valence-corrected chi connectivity index (χ1v) is 8.73. The predicted octanol–water partition coefficient (Wildman–Crippen LogP) is 4.04. The fraction of sp³-hybridized carbons (Fsp3) is 0.944. The van der Waals surface area contributed by atoms with Gasteiger partial charge in [-0.2, -0.15) is 0 Å². The summed E-state index contributed by atoms with van der Waals surface area (Å²) in [7, 11) is 0. The van der Waals surface area contributed by atoms with Gasteiger partial charge in [0.1, 0.15) is 5.78 Å². The zero-order chi connectivity index (χ0) is 14.2. The Hall–Kier alpha value is -0.370. The van der Waals surface area contributed by atoms with Gasteiger partial charge in [0.25, 0.3) is 0 Å². The van der Waals surface area contributed by atoms with Crippen LogP contribution < -0.4 is 0 Å². The van der Waals surface area contributed by atoms with E-state index in [2.05, 4.69) is 18.7 Å².